The Morgan fingerprint density at radius 2 is 1.59 bits per heavy atom. The van der Waals surface area contributed by atoms with E-state index in [1.807, 2.05) is 48.5 Å². The highest BCUT2D eigenvalue weighted by Gasteiger charge is 2.32. The second-order valence-electron chi connectivity index (χ2n) is 8.07. The van der Waals surface area contributed by atoms with Gasteiger partial charge in [0.1, 0.15) is 19.2 Å². The Morgan fingerprint density at radius 3 is 2.09 bits per heavy atom. The normalized spacial score (nSPS) is 13.2. The van der Waals surface area contributed by atoms with Gasteiger partial charge in [0.2, 0.25) is 5.91 Å². The molecule has 0 unspecified atom stereocenters. The zero-order chi connectivity index (χ0) is 23.3. The van der Waals surface area contributed by atoms with Gasteiger partial charge >= 0.3 is 12.1 Å². The number of ether oxygens (including phenoxy) is 1. The second kappa shape index (κ2) is 10.3. The number of aliphatic carboxylic acids is 1. The lowest BCUT2D eigenvalue weighted by Crippen LogP contribution is -2.53. The average Bonchev–Trinajstić information content (AvgIpc) is 3.08. The van der Waals surface area contributed by atoms with Gasteiger partial charge in [0.05, 0.1) is 6.61 Å². The molecule has 8 nitrogen and oxygen atoms in total. The van der Waals surface area contributed by atoms with E-state index in [4.69, 9.17) is 14.9 Å². The summed E-state index contributed by atoms with van der Waals surface area (Å²) in [6.07, 6.45) is -0.752. The molecule has 0 spiro atoms. The van der Waals surface area contributed by atoms with Gasteiger partial charge in [-0.2, -0.15) is 0 Å². The van der Waals surface area contributed by atoms with Crippen molar-refractivity contribution < 1.29 is 29.3 Å². The summed E-state index contributed by atoms with van der Waals surface area (Å²) in [5, 5.41) is 20.8. The minimum atomic E-state index is -1.20. The SMILES string of the molecule is CC(C)[C@H](NC(=O)OCC1c2ccccc2-c2ccccc21)C(=O)N(CCO)CC(=O)O. The highest BCUT2D eigenvalue weighted by Crippen LogP contribution is 2.44. The number of fused-ring (bicyclic) bond motifs is 3. The molecule has 2 aromatic rings. The number of aliphatic hydroxyl groups is 1. The van der Waals surface area contributed by atoms with Gasteiger partial charge in [-0.05, 0) is 28.2 Å². The first-order valence-corrected chi connectivity index (χ1v) is 10.6. The number of rotatable bonds is 9. The van der Waals surface area contributed by atoms with Gasteiger partial charge in [-0.3, -0.25) is 9.59 Å². The predicted molar refractivity (Wildman–Crippen MR) is 118 cm³/mol. The second-order valence-corrected chi connectivity index (χ2v) is 8.07. The lowest BCUT2D eigenvalue weighted by molar-refractivity contribution is -0.146. The molecule has 0 radical (unpaired) electrons. The zero-order valence-electron chi connectivity index (χ0n) is 18.2. The monoisotopic (exact) mass is 440 g/mol. The van der Waals surface area contributed by atoms with Crippen LogP contribution in [0.25, 0.3) is 11.1 Å². The number of carboxylic acid groups (broad SMARTS) is 1. The minimum Gasteiger partial charge on any atom is -0.480 e. The molecule has 8 heteroatoms. The topological polar surface area (TPSA) is 116 Å². The summed E-state index contributed by atoms with van der Waals surface area (Å²) in [6.45, 7) is 2.51. The Balaban J connectivity index is 1.69. The Labute approximate surface area is 186 Å². The van der Waals surface area contributed by atoms with E-state index in [1.54, 1.807) is 13.8 Å². The van der Waals surface area contributed by atoms with Crippen LogP contribution in [0.2, 0.25) is 0 Å². The number of hydrogen-bond acceptors (Lipinski definition) is 5. The fraction of sp³-hybridized carbons (Fsp3) is 0.375. The molecule has 32 heavy (non-hydrogen) atoms. The van der Waals surface area contributed by atoms with Crippen LogP contribution in [-0.2, 0) is 14.3 Å². The van der Waals surface area contributed by atoms with E-state index in [1.165, 1.54) is 0 Å². The fourth-order valence-corrected chi connectivity index (χ4v) is 4.03. The molecule has 3 N–H and O–H groups in total. The number of hydrogen-bond donors (Lipinski definition) is 3. The van der Waals surface area contributed by atoms with Crippen LogP contribution in [0, 0.1) is 5.92 Å². The number of amides is 2. The smallest absolute Gasteiger partial charge is 0.407 e. The average molecular weight is 440 g/mol. The Kier molecular flexibility index (Phi) is 7.48. The molecule has 1 aliphatic rings. The van der Waals surface area contributed by atoms with Gasteiger partial charge in [0, 0.05) is 12.5 Å². The molecule has 0 saturated carbocycles. The van der Waals surface area contributed by atoms with Crippen LogP contribution < -0.4 is 5.32 Å². The van der Waals surface area contributed by atoms with E-state index in [9.17, 15) is 14.4 Å². The lowest BCUT2D eigenvalue weighted by Gasteiger charge is -2.28. The Morgan fingerprint density at radius 1 is 1.03 bits per heavy atom. The van der Waals surface area contributed by atoms with Crippen molar-refractivity contribution in [1.29, 1.82) is 0 Å². The predicted octanol–water partition coefficient (Wildman–Crippen LogP) is 2.46. The minimum absolute atomic E-state index is 0.106. The van der Waals surface area contributed by atoms with Crippen LogP contribution >= 0.6 is 0 Å². The summed E-state index contributed by atoms with van der Waals surface area (Å²) >= 11 is 0. The van der Waals surface area contributed by atoms with Crippen LogP contribution in [0.5, 0.6) is 0 Å². The number of carbonyl (C=O) groups excluding carboxylic acids is 2. The standard InChI is InChI=1S/C24H28N2O6/c1-15(2)22(23(30)26(11-12-27)13-21(28)29)25-24(31)32-14-20-18-9-5-3-7-16(18)17-8-4-6-10-19(17)20/h3-10,15,20,22,27H,11-14H2,1-2H3,(H,25,31)(H,28,29)/t22-/m0/s1. The molecule has 3 rings (SSSR count). The first-order valence-electron chi connectivity index (χ1n) is 10.6. The first-order chi connectivity index (χ1) is 15.3. The Bertz CT molecular complexity index is 944. The van der Waals surface area contributed by atoms with Gasteiger partial charge < -0.3 is 25.2 Å². The molecule has 0 saturated heterocycles. The van der Waals surface area contributed by atoms with E-state index in [2.05, 4.69) is 5.32 Å². The van der Waals surface area contributed by atoms with Crippen molar-refractivity contribution >= 4 is 18.0 Å². The number of benzene rings is 2. The van der Waals surface area contributed by atoms with Crippen LogP contribution in [0.3, 0.4) is 0 Å². The summed E-state index contributed by atoms with van der Waals surface area (Å²) in [5.74, 6) is -2.20. The van der Waals surface area contributed by atoms with Crippen molar-refractivity contribution in [3.63, 3.8) is 0 Å². The van der Waals surface area contributed by atoms with Crippen molar-refractivity contribution in [3.05, 3.63) is 59.7 Å². The molecule has 0 aliphatic heterocycles. The molecule has 0 fully saturated rings. The van der Waals surface area contributed by atoms with E-state index in [0.29, 0.717) is 0 Å². The van der Waals surface area contributed by atoms with Gasteiger partial charge in [-0.25, -0.2) is 4.79 Å². The highest BCUT2D eigenvalue weighted by molar-refractivity contribution is 5.88. The lowest BCUT2D eigenvalue weighted by atomic mass is 9.98. The van der Waals surface area contributed by atoms with Gasteiger partial charge in [-0.15, -0.1) is 0 Å². The third kappa shape index (κ3) is 5.08. The molecule has 0 heterocycles. The molecular formula is C24H28N2O6. The Hall–Kier alpha value is -3.39. The number of aliphatic hydroxyl groups excluding tert-OH is 1. The van der Waals surface area contributed by atoms with E-state index in [0.717, 1.165) is 27.2 Å². The fourth-order valence-electron chi connectivity index (χ4n) is 4.03. The maximum Gasteiger partial charge on any atom is 0.407 e. The van der Waals surface area contributed by atoms with E-state index < -0.39 is 30.6 Å². The van der Waals surface area contributed by atoms with Gasteiger partial charge in [0.15, 0.2) is 0 Å². The van der Waals surface area contributed by atoms with Crippen LogP contribution in [-0.4, -0.2) is 65.4 Å². The number of carbonyl (C=O) groups is 3. The number of carboxylic acids is 1. The summed E-state index contributed by atoms with van der Waals surface area (Å²) in [6, 6.07) is 15.0. The largest absolute Gasteiger partial charge is 0.480 e. The summed E-state index contributed by atoms with van der Waals surface area (Å²) in [7, 11) is 0. The van der Waals surface area contributed by atoms with E-state index in [-0.39, 0.29) is 31.6 Å². The van der Waals surface area contributed by atoms with Crippen molar-refractivity contribution in [3.8, 4) is 11.1 Å². The van der Waals surface area contributed by atoms with Crippen molar-refractivity contribution in [2.24, 2.45) is 5.92 Å². The zero-order valence-corrected chi connectivity index (χ0v) is 18.2. The van der Waals surface area contributed by atoms with Crippen LogP contribution in [0.4, 0.5) is 4.79 Å². The molecular weight excluding hydrogens is 412 g/mol. The first kappa shape index (κ1) is 23.3. The van der Waals surface area contributed by atoms with Crippen LogP contribution in [0.1, 0.15) is 30.9 Å². The summed E-state index contributed by atoms with van der Waals surface area (Å²) in [5.41, 5.74) is 4.38. The van der Waals surface area contributed by atoms with E-state index >= 15 is 0 Å². The molecule has 0 bridgehead atoms. The summed E-state index contributed by atoms with van der Waals surface area (Å²) in [4.78, 5) is 37.5. The number of alkyl carbamates (subject to hydrolysis) is 1. The molecule has 2 amide bonds. The molecule has 1 atom stereocenters. The maximum absolute atomic E-state index is 12.8. The highest BCUT2D eigenvalue weighted by atomic mass is 16.5. The number of nitrogens with one attached hydrogen (secondary N) is 1. The van der Waals surface area contributed by atoms with Crippen molar-refractivity contribution in [2.45, 2.75) is 25.8 Å². The molecule has 170 valence electrons. The number of nitrogens with zero attached hydrogens (tertiary/aromatic N) is 1. The van der Waals surface area contributed by atoms with Crippen molar-refractivity contribution in [2.75, 3.05) is 26.3 Å². The van der Waals surface area contributed by atoms with Gasteiger partial charge in [0.25, 0.3) is 0 Å². The maximum atomic E-state index is 12.8. The molecule has 1 aliphatic carbocycles. The van der Waals surface area contributed by atoms with Crippen molar-refractivity contribution in [1.82, 2.24) is 10.2 Å². The molecule has 2 aromatic carbocycles. The summed E-state index contributed by atoms with van der Waals surface area (Å²) < 4.78 is 5.50. The van der Waals surface area contributed by atoms with Crippen LogP contribution in [0.15, 0.2) is 48.5 Å². The third-order valence-corrected chi connectivity index (χ3v) is 5.56. The van der Waals surface area contributed by atoms with Gasteiger partial charge in [-0.1, -0.05) is 62.4 Å². The molecule has 0 aromatic heterocycles. The quantitative estimate of drug-likeness (QED) is 0.552. The third-order valence-electron chi connectivity index (χ3n) is 5.56.